The summed E-state index contributed by atoms with van der Waals surface area (Å²) in [5, 5.41) is 7.16. The minimum Gasteiger partial charge on any atom is -0.354 e. The van der Waals surface area contributed by atoms with Crippen molar-refractivity contribution in [2.45, 2.75) is 51.5 Å². The lowest BCUT2D eigenvalue weighted by atomic mass is 10.2. The molecular weight excluding hydrogens is 364 g/mol. The second kappa shape index (κ2) is 7.72. The van der Waals surface area contributed by atoms with Crippen molar-refractivity contribution in [2.24, 2.45) is 0 Å². The highest BCUT2D eigenvalue weighted by molar-refractivity contribution is 7.93. The maximum absolute atomic E-state index is 13.3. The highest BCUT2D eigenvalue weighted by Gasteiger charge is 2.35. The maximum atomic E-state index is 13.3. The topological polar surface area (TPSA) is 84.3 Å². The lowest BCUT2D eigenvalue weighted by Gasteiger charge is -2.19. The van der Waals surface area contributed by atoms with Gasteiger partial charge in [-0.3, -0.25) is 13.8 Å². The summed E-state index contributed by atoms with van der Waals surface area (Å²) in [7, 11) is -3.73. The molecule has 0 saturated heterocycles. The number of unbranched alkanes of at least 4 members (excludes halogenated alkanes) is 1. The van der Waals surface area contributed by atoms with Gasteiger partial charge in [-0.1, -0.05) is 31.5 Å². The molecule has 146 valence electrons. The number of fused-ring (bicyclic) bond motifs is 1. The van der Waals surface area contributed by atoms with E-state index in [1.54, 1.807) is 13.8 Å². The number of amides is 1. The van der Waals surface area contributed by atoms with Crippen molar-refractivity contribution in [2.75, 3.05) is 17.4 Å². The first-order valence-corrected chi connectivity index (χ1v) is 10.7. The number of nitrogens with one attached hydrogen (secondary N) is 1. The van der Waals surface area contributed by atoms with Gasteiger partial charge in [0.2, 0.25) is 5.91 Å². The minimum absolute atomic E-state index is 0.0164. The predicted octanol–water partition coefficient (Wildman–Crippen LogP) is 2.17. The molecule has 0 saturated carbocycles. The molecule has 1 amide bonds. The third-order valence-electron chi connectivity index (χ3n) is 4.85. The number of anilines is 1. The fraction of sp³-hybridized carbons (Fsp3) is 0.474. The summed E-state index contributed by atoms with van der Waals surface area (Å²) in [5.74, 6) is -0.162. The van der Waals surface area contributed by atoms with Crippen LogP contribution in [0.3, 0.4) is 0 Å². The number of carbonyl (C=O) groups is 1. The van der Waals surface area contributed by atoms with E-state index in [1.165, 1.54) is 8.99 Å². The molecule has 3 rings (SSSR count). The number of benzene rings is 1. The van der Waals surface area contributed by atoms with Crippen molar-refractivity contribution in [3.63, 3.8) is 0 Å². The first-order valence-electron chi connectivity index (χ1n) is 9.27. The van der Waals surface area contributed by atoms with Gasteiger partial charge in [0.15, 0.2) is 0 Å². The Kier molecular flexibility index (Phi) is 5.55. The first kappa shape index (κ1) is 19.4. The summed E-state index contributed by atoms with van der Waals surface area (Å²) in [4.78, 5) is 12.3. The van der Waals surface area contributed by atoms with Crippen molar-refractivity contribution in [3.05, 3.63) is 41.2 Å². The van der Waals surface area contributed by atoms with Crippen LogP contribution in [0, 0.1) is 13.8 Å². The molecule has 7 nitrogen and oxygen atoms in total. The van der Waals surface area contributed by atoms with Crippen molar-refractivity contribution in [1.29, 1.82) is 0 Å². The fourth-order valence-electron chi connectivity index (χ4n) is 3.47. The van der Waals surface area contributed by atoms with Gasteiger partial charge in [-0.15, -0.1) is 0 Å². The Labute approximate surface area is 160 Å². The second-order valence-electron chi connectivity index (χ2n) is 6.82. The van der Waals surface area contributed by atoms with Crippen molar-refractivity contribution in [3.8, 4) is 0 Å². The monoisotopic (exact) mass is 390 g/mol. The van der Waals surface area contributed by atoms with E-state index in [1.807, 2.05) is 24.3 Å². The SMILES string of the molecule is CCCCNC(=O)Cn1nc(C)c(S(=O)(=O)N2CCc3ccccc32)c1C. The second-order valence-corrected chi connectivity index (χ2v) is 8.62. The van der Waals surface area contributed by atoms with Gasteiger partial charge >= 0.3 is 0 Å². The van der Waals surface area contributed by atoms with E-state index in [9.17, 15) is 13.2 Å². The van der Waals surface area contributed by atoms with E-state index in [4.69, 9.17) is 0 Å². The Hall–Kier alpha value is -2.35. The van der Waals surface area contributed by atoms with Crippen LogP contribution in [0.25, 0.3) is 0 Å². The highest BCUT2D eigenvalue weighted by Crippen LogP contribution is 2.34. The molecule has 0 unspecified atom stereocenters. The number of rotatable bonds is 7. The summed E-state index contributed by atoms with van der Waals surface area (Å²) < 4.78 is 29.6. The third kappa shape index (κ3) is 3.71. The molecule has 1 aliphatic rings. The van der Waals surface area contributed by atoms with Gasteiger partial charge in [0, 0.05) is 13.1 Å². The first-order chi connectivity index (χ1) is 12.9. The van der Waals surface area contributed by atoms with E-state index in [0.29, 0.717) is 30.9 Å². The molecule has 0 radical (unpaired) electrons. The summed E-state index contributed by atoms with van der Waals surface area (Å²) in [6, 6.07) is 7.54. The van der Waals surface area contributed by atoms with E-state index in [-0.39, 0.29) is 17.3 Å². The van der Waals surface area contributed by atoms with E-state index < -0.39 is 10.0 Å². The molecule has 1 N–H and O–H groups in total. The average molecular weight is 391 g/mol. The largest absolute Gasteiger partial charge is 0.354 e. The van der Waals surface area contributed by atoms with Crippen LogP contribution in [0.1, 0.15) is 36.7 Å². The molecule has 0 aliphatic carbocycles. The van der Waals surface area contributed by atoms with Crippen LogP contribution in [-0.4, -0.2) is 37.2 Å². The van der Waals surface area contributed by atoms with Gasteiger partial charge in [0.25, 0.3) is 10.0 Å². The number of para-hydroxylation sites is 1. The van der Waals surface area contributed by atoms with Crippen LogP contribution in [0.5, 0.6) is 0 Å². The van der Waals surface area contributed by atoms with Gasteiger partial charge < -0.3 is 5.32 Å². The van der Waals surface area contributed by atoms with Crippen LogP contribution in [0.2, 0.25) is 0 Å². The summed E-state index contributed by atoms with van der Waals surface area (Å²) in [6.07, 6.45) is 2.61. The Morgan fingerprint density at radius 1 is 1.26 bits per heavy atom. The summed E-state index contributed by atoms with van der Waals surface area (Å²) in [5.41, 5.74) is 2.65. The molecule has 1 aromatic heterocycles. The lowest BCUT2D eigenvalue weighted by Crippen LogP contribution is -2.30. The number of aromatic nitrogens is 2. The molecule has 8 heteroatoms. The average Bonchev–Trinajstić information content (AvgIpc) is 3.17. The van der Waals surface area contributed by atoms with Crippen LogP contribution in [0.4, 0.5) is 5.69 Å². The van der Waals surface area contributed by atoms with Crippen LogP contribution < -0.4 is 9.62 Å². The van der Waals surface area contributed by atoms with Crippen LogP contribution in [-0.2, 0) is 27.8 Å². The van der Waals surface area contributed by atoms with E-state index in [0.717, 1.165) is 24.1 Å². The molecule has 0 spiro atoms. The summed E-state index contributed by atoms with van der Waals surface area (Å²) in [6.45, 7) is 6.48. The van der Waals surface area contributed by atoms with E-state index in [2.05, 4.69) is 17.3 Å². The van der Waals surface area contributed by atoms with Gasteiger partial charge in [-0.25, -0.2) is 8.42 Å². The number of carbonyl (C=O) groups excluding carboxylic acids is 1. The van der Waals surface area contributed by atoms with Crippen molar-refractivity contribution in [1.82, 2.24) is 15.1 Å². The van der Waals surface area contributed by atoms with Gasteiger partial charge in [0.1, 0.15) is 11.4 Å². The van der Waals surface area contributed by atoms with Crippen LogP contribution >= 0.6 is 0 Å². The molecule has 0 bridgehead atoms. The molecule has 2 heterocycles. The number of sulfonamides is 1. The van der Waals surface area contributed by atoms with Gasteiger partial charge in [-0.2, -0.15) is 5.10 Å². The van der Waals surface area contributed by atoms with Gasteiger partial charge in [-0.05, 0) is 38.3 Å². The maximum Gasteiger partial charge on any atom is 0.268 e. The number of aryl methyl sites for hydroxylation is 1. The number of hydrogen-bond acceptors (Lipinski definition) is 4. The molecule has 27 heavy (non-hydrogen) atoms. The number of hydrogen-bond donors (Lipinski definition) is 1. The normalized spacial score (nSPS) is 13.7. The molecule has 2 aromatic rings. The zero-order chi connectivity index (χ0) is 19.6. The zero-order valence-corrected chi connectivity index (χ0v) is 16.8. The molecule has 1 aromatic carbocycles. The highest BCUT2D eigenvalue weighted by atomic mass is 32.2. The van der Waals surface area contributed by atoms with Crippen LogP contribution in [0.15, 0.2) is 29.2 Å². The Balaban J connectivity index is 1.87. The quantitative estimate of drug-likeness (QED) is 0.735. The molecule has 0 fully saturated rings. The smallest absolute Gasteiger partial charge is 0.268 e. The lowest BCUT2D eigenvalue weighted by molar-refractivity contribution is -0.121. The third-order valence-corrected chi connectivity index (χ3v) is 6.92. The van der Waals surface area contributed by atoms with Crippen molar-refractivity contribution >= 4 is 21.6 Å². The Morgan fingerprint density at radius 3 is 2.74 bits per heavy atom. The summed E-state index contributed by atoms with van der Waals surface area (Å²) >= 11 is 0. The minimum atomic E-state index is -3.73. The molecule has 0 atom stereocenters. The fourth-order valence-corrected chi connectivity index (χ4v) is 5.35. The zero-order valence-electron chi connectivity index (χ0n) is 16.0. The predicted molar refractivity (Wildman–Crippen MR) is 104 cm³/mol. The number of nitrogens with zero attached hydrogens (tertiary/aromatic N) is 3. The van der Waals surface area contributed by atoms with E-state index >= 15 is 0 Å². The molecular formula is C19H26N4O3S. The standard InChI is InChI=1S/C19H26N4O3S/c1-4-5-11-20-18(24)13-22-15(3)19(14(2)21-22)27(25,26)23-12-10-16-8-6-7-9-17(16)23/h6-9H,4-5,10-13H2,1-3H3,(H,20,24). The Morgan fingerprint density at radius 2 is 2.00 bits per heavy atom. The van der Waals surface area contributed by atoms with Gasteiger partial charge in [0.05, 0.1) is 17.1 Å². The molecule has 1 aliphatic heterocycles. The van der Waals surface area contributed by atoms with Crippen molar-refractivity contribution < 1.29 is 13.2 Å². The Bertz CT molecular complexity index is 950.